The van der Waals surface area contributed by atoms with E-state index in [1.54, 1.807) is 36.2 Å². The number of alkyl halides is 3. The summed E-state index contributed by atoms with van der Waals surface area (Å²) < 4.78 is 95.7. The largest absolute Gasteiger partial charge is 0.497 e. The van der Waals surface area contributed by atoms with Crippen LogP contribution in [0.15, 0.2) is 78.0 Å². The smallest absolute Gasteiger partial charge is 0.434 e. The number of hydrogen-bond donors (Lipinski definition) is 0. The number of pyridine rings is 1. The van der Waals surface area contributed by atoms with E-state index in [0.29, 0.717) is 15.5 Å². The van der Waals surface area contributed by atoms with E-state index < -0.39 is 39.0 Å². The van der Waals surface area contributed by atoms with E-state index in [0.717, 1.165) is 24.0 Å². The first-order valence-corrected chi connectivity index (χ1v) is 13.0. The summed E-state index contributed by atoms with van der Waals surface area (Å²) in [6.45, 7) is 0.145. The summed E-state index contributed by atoms with van der Waals surface area (Å²) in [5.74, 6) is 0.00684. The van der Waals surface area contributed by atoms with E-state index in [-0.39, 0.29) is 23.5 Å². The lowest BCUT2D eigenvalue weighted by Crippen LogP contribution is -2.18. The van der Waals surface area contributed by atoms with Crippen molar-refractivity contribution in [3.05, 3.63) is 95.7 Å². The molecular formula is C27H25F4N3O4S. The maximum absolute atomic E-state index is 16.0. The number of aromatic nitrogens is 2. The fraction of sp³-hybridized carbons (Fsp3) is 0.222. The Morgan fingerprint density at radius 1 is 0.949 bits per heavy atom. The summed E-state index contributed by atoms with van der Waals surface area (Å²) in [7, 11) is 0.205. The predicted octanol–water partition coefficient (Wildman–Crippen LogP) is 5.59. The molecule has 0 saturated carbocycles. The van der Waals surface area contributed by atoms with Gasteiger partial charge in [-0.15, -0.1) is 0 Å². The van der Waals surface area contributed by atoms with Crippen molar-refractivity contribution in [2.45, 2.75) is 24.2 Å². The van der Waals surface area contributed by atoms with Crippen molar-refractivity contribution in [1.82, 2.24) is 13.9 Å². The number of methoxy groups -OCH3 is 2. The zero-order valence-corrected chi connectivity index (χ0v) is 22.1. The Bertz CT molecular complexity index is 1570. The molecule has 0 saturated heterocycles. The molecule has 0 aliphatic carbocycles. The normalized spacial score (nSPS) is 12.1. The first-order chi connectivity index (χ1) is 18.5. The molecule has 206 valence electrons. The van der Waals surface area contributed by atoms with Crippen LogP contribution in [-0.4, -0.2) is 43.5 Å². The molecule has 4 rings (SSSR count). The molecule has 0 amide bonds. The van der Waals surface area contributed by atoms with E-state index in [9.17, 15) is 21.6 Å². The first-order valence-electron chi connectivity index (χ1n) is 11.6. The molecule has 2 heterocycles. The summed E-state index contributed by atoms with van der Waals surface area (Å²) in [6, 6.07) is 14.5. The summed E-state index contributed by atoms with van der Waals surface area (Å²) in [5, 5.41) is 0. The molecule has 0 spiro atoms. The van der Waals surface area contributed by atoms with Crippen molar-refractivity contribution < 1.29 is 35.5 Å². The molecule has 0 radical (unpaired) electrons. The fourth-order valence-corrected chi connectivity index (χ4v) is 5.61. The van der Waals surface area contributed by atoms with Crippen LogP contribution in [0.4, 0.5) is 17.6 Å². The molecule has 0 fully saturated rings. The van der Waals surface area contributed by atoms with Gasteiger partial charge in [0.25, 0.3) is 10.0 Å². The van der Waals surface area contributed by atoms with Crippen LogP contribution in [0.1, 0.15) is 16.8 Å². The van der Waals surface area contributed by atoms with E-state index in [4.69, 9.17) is 9.47 Å². The lowest BCUT2D eigenvalue weighted by Gasteiger charge is -2.18. The quantitative estimate of drug-likeness (QED) is 0.247. The van der Waals surface area contributed by atoms with Crippen molar-refractivity contribution in [3.63, 3.8) is 0 Å². The van der Waals surface area contributed by atoms with Crippen LogP contribution in [0.5, 0.6) is 11.5 Å². The molecule has 4 aromatic rings. The fourth-order valence-electron chi connectivity index (χ4n) is 4.20. The van der Waals surface area contributed by atoms with Crippen molar-refractivity contribution >= 4 is 10.0 Å². The third kappa shape index (κ3) is 5.76. The third-order valence-corrected chi connectivity index (χ3v) is 7.66. The monoisotopic (exact) mass is 563 g/mol. The highest BCUT2D eigenvalue weighted by molar-refractivity contribution is 7.90. The maximum Gasteiger partial charge on any atom is 0.434 e. The number of nitrogens with zero attached hydrogens (tertiary/aromatic N) is 3. The van der Waals surface area contributed by atoms with Gasteiger partial charge in [0.1, 0.15) is 17.2 Å². The average molecular weight is 564 g/mol. The molecule has 2 aromatic heterocycles. The van der Waals surface area contributed by atoms with Crippen LogP contribution < -0.4 is 9.47 Å². The second kappa shape index (κ2) is 11.1. The van der Waals surface area contributed by atoms with Crippen molar-refractivity contribution in [2.75, 3.05) is 21.3 Å². The van der Waals surface area contributed by atoms with Gasteiger partial charge in [0, 0.05) is 48.2 Å². The molecule has 0 N–H and O–H groups in total. The molecule has 0 bridgehead atoms. The Balaban J connectivity index is 1.81. The van der Waals surface area contributed by atoms with Crippen LogP contribution in [0.2, 0.25) is 0 Å². The second-order valence-electron chi connectivity index (χ2n) is 8.68. The summed E-state index contributed by atoms with van der Waals surface area (Å²) >= 11 is 0. The van der Waals surface area contributed by atoms with Gasteiger partial charge in [-0.05, 0) is 37.4 Å². The molecule has 0 aliphatic heterocycles. The minimum atomic E-state index is -4.95. The van der Waals surface area contributed by atoms with E-state index in [1.165, 1.54) is 44.6 Å². The Labute approximate surface area is 223 Å². The molecule has 2 aromatic carbocycles. The summed E-state index contributed by atoms with van der Waals surface area (Å²) in [6.07, 6.45) is -3.02. The Hall–Kier alpha value is -3.90. The minimum Gasteiger partial charge on any atom is -0.497 e. The highest BCUT2D eigenvalue weighted by Gasteiger charge is 2.38. The SMILES string of the molecule is COc1ccc(CN(C)Cc2cn(S(=O)(=O)c3ccccc3)c(-c3cccnc3C(F)(F)F)c2F)c(OC)c1. The minimum absolute atomic E-state index is 0.114. The Morgan fingerprint density at radius 3 is 2.28 bits per heavy atom. The van der Waals surface area contributed by atoms with Crippen LogP contribution in [0, 0.1) is 5.82 Å². The molecule has 0 unspecified atom stereocenters. The first kappa shape index (κ1) is 28.1. The van der Waals surface area contributed by atoms with Gasteiger partial charge < -0.3 is 9.47 Å². The topological polar surface area (TPSA) is 73.7 Å². The molecule has 0 aliphatic rings. The van der Waals surface area contributed by atoms with Gasteiger partial charge in [-0.3, -0.25) is 9.88 Å². The van der Waals surface area contributed by atoms with Crippen molar-refractivity contribution in [1.29, 1.82) is 0 Å². The standard InChI is InChI=1S/C27H25F4N3O4S/c1-33(15-18-11-12-20(37-2)14-23(18)38-3)16-19-17-34(39(35,36)21-8-5-4-6-9-21)25(24(19)28)22-10-7-13-32-26(22)27(29,30)31/h4-14,17H,15-16H2,1-3H3. The van der Waals surface area contributed by atoms with Crippen LogP contribution in [0.25, 0.3) is 11.3 Å². The number of ether oxygens (including phenoxy) is 2. The average Bonchev–Trinajstić information content (AvgIpc) is 3.25. The number of rotatable bonds is 9. The van der Waals surface area contributed by atoms with E-state index in [2.05, 4.69) is 4.98 Å². The van der Waals surface area contributed by atoms with Crippen LogP contribution >= 0.6 is 0 Å². The predicted molar refractivity (Wildman–Crippen MR) is 136 cm³/mol. The van der Waals surface area contributed by atoms with Gasteiger partial charge in [0.05, 0.1) is 19.1 Å². The molecule has 0 atom stereocenters. The zero-order valence-electron chi connectivity index (χ0n) is 21.2. The lowest BCUT2D eigenvalue weighted by atomic mass is 10.1. The van der Waals surface area contributed by atoms with Crippen molar-refractivity contribution in [3.8, 4) is 22.8 Å². The lowest BCUT2D eigenvalue weighted by molar-refractivity contribution is -0.140. The number of hydrogen-bond acceptors (Lipinski definition) is 6. The van der Waals surface area contributed by atoms with Gasteiger partial charge in [-0.2, -0.15) is 13.2 Å². The van der Waals surface area contributed by atoms with E-state index in [1.807, 2.05) is 0 Å². The Kier molecular flexibility index (Phi) is 7.98. The van der Waals surface area contributed by atoms with Crippen LogP contribution in [-0.2, 0) is 29.3 Å². The number of halogens is 4. The molecule has 39 heavy (non-hydrogen) atoms. The number of benzene rings is 2. The molecule has 12 heteroatoms. The summed E-state index contributed by atoms with van der Waals surface area (Å²) in [4.78, 5) is 4.86. The molecule has 7 nitrogen and oxygen atoms in total. The van der Waals surface area contributed by atoms with Crippen LogP contribution in [0.3, 0.4) is 0 Å². The highest BCUT2D eigenvalue weighted by Crippen LogP contribution is 2.39. The van der Waals surface area contributed by atoms with Gasteiger partial charge in [-0.25, -0.2) is 16.8 Å². The van der Waals surface area contributed by atoms with Gasteiger partial charge in [-0.1, -0.05) is 24.3 Å². The third-order valence-electron chi connectivity index (χ3n) is 5.99. The zero-order chi connectivity index (χ0) is 28.4. The second-order valence-corrected chi connectivity index (χ2v) is 10.5. The maximum atomic E-state index is 16.0. The van der Waals surface area contributed by atoms with E-state index >= 15 is 4.39 Å². The summed E-state index contributed by atoms with van der Waals surface area (Å²) in [5.41, 5.74) is -2.20. The highest BCUT2D eigenvalue weighted by atomic mass is 32.2. The van der Waals surface area contributed by atoms with Gasteiger partial charge in [0.15, 0.2) is 11.5 Å². The van der Waals surface area contributed by atoms with Gasteiger partial charge >= 0.3 is 6.18 Å². The molecular weight excluding hydrogens is 538 g/mol. The Morgan fingerprint density at radius 2 is 1.64 bits per heavy atom. The van der Waals surface area contributed by atoms with Crippen molar-refractivity contribution in [2.24, 2.45) is 0 Å². The van der Waals surface area contributed by atoms with Gasteiger partial charge in [0.2, 0.25) is 0 Å².